The van der Waals surface area contributed by atoms with Crippen LogP contribution in [0.3, 0.4) is 0 Å². The van der Waals surface area contributed by atoms with Crippen molar-refractivity contribution in [3.63, 3.8) is 0 Å². The van der Waals surface area contributed by atoms with E-state index in [1.54, 1.807) is 42.5 Å². The van der Waals surface area contributed by atoms with Gasteiger partial charge < -0.3 is 16.4 Å². The Morgan fingerprint density at radius 1 is 1.15 bits per heavy atom. The van der Waals surface area contributed by atoms with Crippen LogP contribution < -0.4 is 16.4 Å². The molecule has 0 aliphatic rings. The number of carbonyl (C=O) groups excluding carboxylic acids is 3. The van der Waals surface area contributed by atoms with Crippen LogP contribution in [0, 0.1) is 11.3 Å². The molecule has 0 heterocycles. The van der Waals surface area contributed by atoms with Gasteiger partial charge in [0.25, 0.3) is 5.91 Å². The summed E-state index contributed by atoms with van der Waals surface area (Å²) < 4.78 is 0. The topological polar surface area (TPSA) is 125 Å². The highest BCUT2D eigenvalue weighted by molar-refractivity contribution is 5.99. The molecule has 1 atom stereocenters. The van der Waals surface area contributed by atoms with Crippen LogP contribution in [0.5, 0.6) is 0 Å². The third-order valence-electron chi connectivity index (χ3n) is 3.62. The predicted molar refractivity (Wildman–Crippen MR) is 96.1 cm³/mol. The van der Waals surface area contributed by atoms with Crippen molar-refractivity contribution < 1.29 is 14.4 Å². The Morgan fingerprint density at radius 2 is 1.85 bits per heavy atom. The van der Waals surface area contributed by atoms with E-state index in [0.29, 0.717) is 16.8 Å². The number of anilines is 1. The molecule has 0 unspecified atom stereocenters. The van der Waals surface area contributed by atoms with E-state index in [0.717, 1.165) is 5.56 Å². The summed E-state index contributed by atoms with van der Waals surface area (Å²) in [5.41, 5.74) is 7.44. The van der Waals surface area contributed by atoms with Gasteiger partial charge in [0, 0.05) is 24.6 Å². The van der Waals surface area contributed by atoms with Crippen LogP contribution >= 0.6 is 0 Å². The van der Waals surface area contributed by atoms with Gasteiger partial charge in [0.05, 0.1) is 11.6 Å². The minimum absolute atomic E-state index is 0.207. The van der Waals surface area contributed by atoms with Crippen molar-refractivity contribution in [3.05, 3.63) is 65.2 Å². The maximum Gasteiger partial charge on any atom is 0.252 e. The Hall–Kier alpha value is -3.66. The van der Waals surface area contributed by atoms with Gasteiger partial charge in [-0.3, -0.25) is 14.4 Å². The van der Waals surface area contributed by atoms with Crippen molar-refractivity contribution in [2.45, 2.75) is 19.4 Å². The quantitative estimate of drug-likeness (QED) is 0.727. The summed E-state index contributed by atoms with van der Waals surface area (Å²) >= 11 is 0. The fourth-order valence-electron chi connectivity index (χ4n) is 2.36. The summed E-state index contributed by atoms with van der Waals surface area (Å²) in [5, 5.41) is 14.0. The zero-order valence-corrected chi connectivity index (χ0v) is 14.2. The lowest BCUT2D eigenvalue weighted by atomic mass is 10.0. The van der Waals surface area contributed by atoms with Gasteiger partial charge in [-0.05, 0) is 35.9 Å². The van der Waals surface area contributed by atoms with Gasteiger partial charge in [0.2, 0.25) is 11.8 Å². The van der Waals surface area contributed by atoms with Gasteiger partial charge in [0.1, 0.15) is 6.04 Å². The maximum atomic E-state index is 12.4. The fraction of sp³-hybridized carbons (Fsp3) is 0.158. The molecule has 4 N–H and O–H groups in total. The van der Waals surface area contributed by atoms with E-state index >= 15 is 0 Å². The zero-order valence-electron chi connectivity index (χ0n) is 14.2. The molecule has 26 heavy (non-hydrogen) atoms. The zero-order chi connectivity index (χ0) is 19.1. The normalized spacial score (nSPS) is 11.1. The van der Waals surface area contributed by atoms with Crippen molar-refractivity contribution in [1.29, 1.82) is 5.26 Å². The largest absolute Gasteiger partial charge is 0.368 e. The minimum Gasteiger partial charge on any atom is -0.368 e. The molecule has 132 valence electrons. The Balaban J connectivity index is 2.11. The third kappa shape index (κ3) is 5.18. The van der Waals surface area contributed by atoms with E-state index in [1.165, 1.54) is 13.0 Å². The number of primary amides is 1. The van der Waals surface area contributed by atoms with Crippen LogP contribution in [0.15, 0.2) is 48.5 Å². The number of hydrogen-bond donors (Lipinski definition) is 3. The lowest BCUT2D eigenvalue weighted by Gasteiger charge is -2.16. The van der Waals surface area contributed by atoms with Gasteiger partial charge in [-0.2, -0.15) is 5.26 Å². The molecule has 7 nitrogen and oxygen atoms in total. The monoisotopic (exact) mass is 350 g/mol. The summed E-state index contributed by atoms with van der Waals surface area (Å²) in [6, 6.07) is 14.1. The number of nitriles is 1. The van der Waals surface area contributed by atoms with Crippen LogP contribution in [-0.4, -0.2) is 23.8 Å². The Kier molecular flexibility index (Phi) is 6.06. The summed E-state index contributed by atoms with van der Waals surface area (Å²) in [7, 11) is 0. The highest BCUT2D eigenvalue weighted by Gasteiger charge is 2.19. The molecule has 2 aromatic carbocycles. The first-order chi connectivity index (χ1) is 12.4. The Labute approximate surface area is 150 Å². The number of nitrogens with two attached hydrogens (primary N) is 1. The molecule has 3 amide bonds. The predicted octanol–water partition coefficient (Wildman–Crippen LogP) is 1.34. The molecule has 0 bridgehead atoms. The van der Waals surface area contributed by atoms with Crippen molar-refractivity contribution in [1.82, 2.24) is 5.32 Å². The Morgan fingerprint density at radius 3 is 2.42 bits per heavy atom. The number of nitrogens with zero attached hydrogens (tertiary/aromatic N) is 1. The molecule has 2 rings (SSSR count). The summed E-state index contributed by atoms with van der Waals surface area (Å²) in [6.45, 7) is 1.37. The number of benzene rings is 2. The van der Waals surface area contributed by atoms with Crippen LogP contribution in [0.25, 0.3) is 0 Å². The molecule has 2 aromatic rings. The molecule has 0 saturated heterocycles. The first-order valence-corrected chi connectivity index (χ1v) is 7.86. The second-order valence-corrected chi connectivity index (χ2v) is 5.70. The molecule has 0 aromatic heterocycles. The summed E-state index contributed by atoms with van der Waals surface area (Å²) in [5.74, 6) is -1.39. The van der Waals surface area contributed by atoms with Crippen LogP contribution in [-0.2, 0) is 16.0 Å². The van der Waals surface area contributed by atoms with Crippen LogP contribution in [0.2, 0.25) is 0 Å². The second-order valence-electron chi connectivity index (χ2n) is 5.70. The lowest BCUT2D eigenvalue weighted by Crippen LogP contribution is -2.45. The SMILES string of the molecule is CC(=O)Nc1cccc(C(=O)N[C@H](Cc2ccc(C#N)cc2)C(N)=O)c1. The van der Waals surface area contributed by atoms with E-state index in [9.17, 15) is 14.4 Å². The molecule has 0 fully saturated rings. The molecular formula is C19H18N4O3. The van der Waals surface area contributed by atoms with Crippen molar-refractivity contribution in [3.8, 4) is 6.07 Å². The van der Waals surface area contributed by atoms with Gasteiger partial charge in [-0.1, -0.05) is 18.2 Å². The molecule has 0 aliphatic carbocycles. The highest BCUT2D eigenvalue weighted by atomic mass is 16.2. The van der Waals surface area contributed by atoms with Crippen LogP contribution in [0.1, 0.15) is 28.4 Å². The number of amides is 3. The van der Waals surface area contributed by atoms with Crippen molar-refractivity contribution >= 4 is 23.4 Å². The molecule has 0 radical (unpaired) electrons. The van der Waals surface area contributed by atoms with E-state index in [-0.39, 0.29) is 12.3 Å². The van der Waals surface area contributed by atoms with Gasteiger partial charge in [0.15, 0.2) is 0 Å². The lowest BCUT2D eigenvalue weighted by molar-refractivity contribution is -0.119. The van der Waals surface area contributed by atoms with Gasteiger partial charge in [-0.25, -0.2) is 0 Å². The first kappa shape index (κ1) is 18.7. The van der Waals surface area contributed by atoms with Crippen molar-refractivity contribution in [2.24, 2.45) is 5.73 Å². The number of carbonyl (C=O) groups is 3. The molecule has 0 saturated carbocycles. The smallest absolute Gasteiger partial charge is 0.252 e. The average molecular weight is 350 g/mol. The summed E-state index contributed by atoms with van der Waals surface area (Å²) in [4.78, 5) is 35.2. The van der Waals surface area contributed by atoms with E-state index in [2.05, 4.69) is 10.6 Å². The first-order valence-electron chi connectivity index (χ1n) is 7.86. The average Bonchev–Trinajstić information content (AvgIpc) is 2.61. The number of nitrogens with one attached hydrogen (secondary N) is 2. The fourth-order valence-corrected chi connectivity index (χ4v) is 2.36. The second kappa shape index (κ2) is 8.44. The molecular weight excluding hydrogens is 332 g/mol. The molecule has 0 spiro atoms. The minimum atomic E-state index is -0.903. The van der Waals surface area contributed by atoms with E-state index in [1.807, 2.05) is 6.07 Å². The summed E-state index contributed by atoms with van der Waals surface area (Å²) in [6.07, 6.45) is 0.207. The van der Waals surface area contributed by atoms with E-state index in [4.69, 9.17) is 11.0 Å². The van der Waals surface area contributed by atoms with Gasteiger partial charge in [-0.15, -0.1) is 0 Å². The highest BCUT2D eigenvalue weighted by Crippen LogP contribution is 2.12. The van der Waals surface area contributed by atoms with Gasteiger partial charge >= 0.3 is 0 Å². The number of hydrogen-bond acceptors (Lipinski definition) is 4. The maximum absolute atomic E-state index is 12.4. The Bertz CT molecular complexity index is 869. The molecule has 7 heteroatoms. The van der Waals surface area contributed by atoms with E-state index < -0.39 is 17.9 Å². The third-order valence-corrected chi connectivity index (χ3v) is 3.62. The molecule has 0 aliphatic heterocycles. The van der Waals surface area contributed by atoms with Crippen molar-refractivity contribution in [2.75, 3.05) is 5.32 Å². The number of rotatable bonds is 6. The van der Waals surface area contributed by atoms with Crippen LogP contribution in [0.4, 0.5) is 5.69 Å². The standard InChI is InChI=1S/C19H18N4O3/c1-12(24)22-16-4-2-3-15(10-16)19(26)23-17(18(21)25)9-13-5-7-14(11-20)8-6-13/h2-8,10,17H,9H2,1H3,(H2,21,25)(H,22,24)(H,23,26)/t17-/m1/s1.